The highest BCUT2D eigenvalue weighted by atomic mass is 32.1. The monoisotopic (exact) mass is 425 g/mol. The first-order valence-corrected chi connectivity index (χ1v) is 11.9. The number of carbonyl (C=O) groups is 2. The maximum Gasteiger partial charge on any atom is 0.254 e. The van der Waals surface area contributed by atoms with Crippen molar-refractivity contribution < 1.29 is 9.59 Å². The van der Waals surface area contributed by atoms with E-state index in [4.69, 9.17) is 0 Å². The van der Waals surface area contributed by atoms with Gasteiger partial charge in [0.2, 0.25) is 5.91 Å². The van der Waals surface area contributed by atoms with Gasteiger partial charge in [0.15, 0.2) is 0 Å². The number of benzene rings is 1. The highest BCUT2D eigenvalue weighted by Gasteiger charge is 2.30. The van der Waals surface area contributed by atoms with Crippen LogP contribution in [0.4, 0.5) is 5.69 Å². The Morgan fingerprint density at radius 2 is 1.93 bits per heavy atom. The first-order valence-electron chi connectivity index (χ1n) is 11.0. The van der Waals surface area contributed by atoms with Gasteiger partial charge in [-0.2, -0.15) is 0 Å². The topological polar surface area (TPSA) is 52.7 Å². The zero-order valence-corrected chi connectivity index (χ0v) is 18.7. The molecule has 6 heteroatoms. The summed E-state index contributed by atoms with van der Waals surface area (Å²) in [4.78, 5) is 31.0. The molecule has 5 nitrogen and oxygen atoms in total. The fourth-order valence-electron chi connectivity index (χ4n) is 4.67. The Kier molecular flexibility index (Phi) is 6.42. The third-order valence-electron chi connectivity index (χ3n) is 6.41. The molecule has 2 aliphatic rings. The number of nitrogens with one attached hydrogen (secondary N) is 1. The average molecular weight is 426 g/mol. The minimum Gasteiger partial charge on any atom is -0.376 e. The summed E-state index contributed by atoms with van der Waals surface area (Å²) in [5, 5.41) is 5.37. The summed E-state index contributed by atoms with van der Waals surface area (Å²) in [5.41, 5.74) is 2.64. The zero-order chi connectivity index (χ0) is 21.1. The van der Waals surface area contributed by atoms with E-state index in [1.54, 1.807) is 11.3 Å². The van der Waals surface area contributed by atoms with Gasteiger partial charge in [0, 0.05) is 35.3 Å². The van der Waals surface area contributed by atoms with E-state index < -0.39 is 0 Å². The van der Waals surface area contributed by atoms with Crippen molar-refractivity contribution in [3.8, 4) is 0 Å². The first-order chi connectivity index (χ1) is 14.5. The normalized spacial score (nSPS) is 21.7. The van der Waals surface area contributed by atoms with Gasteiger partial charge in [0.05, 0.1) is 12.6 Å². The number of rotatable bonds is 5. The van der Waals surface area contributed by atoms with Crippen LogP contribution < -0.4 is 5.32 Å². The summed E-state index contributed by atoms with van der Waals surface area (Å²) in [7, 11) is 0. The molecule has 2 amide bonds. The molecule has 2 saturated heterocycles. The van der Waals surface area contributed by atoms with Gasteiger partial charge in [-0.25, -0.2) is 0 Å². The number of hydrogen-bond donors (Lipinski definition) is 1. The molecular formula is C24H31N3O2S. The van der Waals surface area contributed by atoms with Gasteiger partial charge in [-0.05, 0) is 81.2 Å². The van der Waals surface area contributed by atoms with Crippen LogP contribution in [0.1, 0.15) is 65.9 Å². The Morgan fingerprint density at radius 3 is 2.67 bits per heavy atom. The third-order valence-corrected chi connectivity index (χ3v) is 7.39. The maximum atomic E-state index is 12.9. The summed E-state index contributed by atoms with van der Waals surface area (Å²) < 4.78 is 0. The van der Waals surface area contributed by atoms with Crippen molar-refractivity contribution in [2.24, 2.45) is 0 Å². The molecule has 30 heavy (non-hydrogen) atoms. The second kappa shape index (κ2) is 9.21. The summed E-state index contributed by atoms with van der Waals surface area (Å²) in [6.45, 7) is 6.07. The molecule has 2 aromatic rings. The van der Waals surface area contributed by atoms with E-state index in [0.717, 1.165) is 55.6 Å². The van der Waals surface area contributed by atoms with Crippen molar-refractivity contribution in [2.75, 3.05) is 25.0 Å². The van der Waals surface area contributed by atoms with Crippen LogP contribution in [0.15, 0.2) is 35.7 Å². The van der Waals surface area contributed by atoms with E-state index >= 15 is 0 Å². The molecule has 0 spiro atoms. The fraction of sp³-hybridized carbons (Fsp3) is 0.500. The number of piperidine rings is 1. The molecular weight excluding hydrogens is 394 g/mol. The lowest BCUT2D eigenvalue weighted by Gasteiger charge is -2.33. The van der Waals surface area contributed by atoms with Crippen molar-refractivity contribution in [3.63, 3.8) is 0 Å². The molecule has 0 radical (unpaired) electrons. The highest BCUT2D eigenvalue weighted by Crippen LogP contribution is 2.34. The molecule has 4 rings (SSSR count). The molecule has 1 aromatic carbocycles. The minimum atomic E-state index is 0.115. The van der Waals surface area contributed by atoms with Crippen LogP contribution in [0, 0.1) is 6.92 Å². The molecule has 2 fully saturated rings. The van der Waals surface area contributed by atoms with Gasteiger partial charge in [-0.1, -0.05) is 6.07 Å². The summed E-state index contributed by atoms with van der Waals surface area (Å²) in [6, 6.07) is 10.5. The smallest absolute Gasteiger partial charge is 0.254 e. The Balaban J connectivity index is 1.38. The predicted octanol–water partition coefficient (Wildman–Crippen LogP) is 4.85. The second-order valence-corrected chi connectivity index (χ2v) is 9.47. The first kappa shape index (κ1) is 20.9. The van der Waals surface area contributed by atoms with Gasteiger partial charge in [0.25, 0.3) is 5.91 Å². The Labute approximate surface area is 183 Å². The molecule has 1 N–H and O–H groups in total. The lowest BCUT2D eigenvalue weighted by molar-refractivity contribution is -0.130. The van der Waals surface area contributed by atoms with Crippen LogP contribution in [0.5, 0.6) is 0 Å². The molecule has 3 heterocycles. The van der Waals surface area contributed by atoms with Gasteiger partial charge in [0.1, 0.15) is 0 Å². The largest absolute Gasteiger partial charge is 0.376 e. The van der Waals surface area contributed by atoms with Crippen LogP contribution in [-0.4, -0.2) is 47.3 Å². The van der Waals surface area contributed by atoms with Gasteiger partial charge < -0.3 is 15.1 Å². The van der Waals surface area contributed by atoms with Crippen LogP contribution in [0.3, 0.4) is 0 Å². The van der Waals surface area contributed by atoms with Crippen LogP contribution in [-0.2, 0) is 4.79 Å². The van der Waals surface area contributed by atoms with E-state index in [0.29, 0.717) is 6.04 Å². The average Bonchev–Trinajstić information content (AvgIpc) is 3.44. The van der Waals surface area contributed by atoms with E-state index in [1.165, 1.54) is 11.3 Å². The van der Waals surface area contributed by atoms with Crippen LogP contribution in [0.2, 0.25) is 0 Å². The van der Waals surface area contributed by atoms with E-state index in [2.05, 4.69) is 29.8 Å². The fourth-order valence-corrected chi connectivity index (χ4v) is 5.55. The molecule has 0 aliphatic carbocycles. The number of amides is 2. The number of hydrogen-bond acceptors (Lipinski definition) is 4. The zero-order valence-electron chi connectivity index (χ0n) is 17.9. The number of thiophene rings is 1. The minimum absolute atomic E-state index is 0.115. The number of nitrogens with zero attached hydrogens (tertiary/aromatic N) is 2. The van der Waals surface area contributed by atoms with Crippen molar-refractivity contribution >= 4 is 28.8 Å². The summed E-state index contributed by atoms with van der Waals surface area (Å²) in [5.74, 6) is 0.247. The van der Waals surface area contributed by atoms with E-state index in [9.17, 15) is 9.59 Å². The lowest BCUT2D eigenvalue weighted by atomic mass is 10.0. The Bertz CT molecular complexity index is 896. The number of carbonyl (C=O) groups excluding carboxylic acids is 2. The van der Waals surface area contributed by atoms with E-state index in [1.807, 2.05) is 34.9 Å². The molecule has 2 aliphatic heterocycles. The van der Waals surface area contributed by atoms with E-state index in [-0.39, 0.29) is 24.4 Å². The second-order valence-electron chi connectivity index (χ2n) is 8.49. The number of likely N-dealkylation sites (tertiary alicyclic amines) is 2. The van der Waals surface area contributed by atoms with Crippen molar-refractivity contribution in [2.45, 2.75) is 58.0 Å². The predicted molar refractivity (Wildman–Crippen MR) is 122 cm³/mol. The Morgan fingerprint density at radius 1 is 1.10 bits per heavy atom. The summed E-state index contributed by atoms with van der Waals surface area (Å²) in [6.07, 6.45) is 5.45. The SMILES string of the molecule is Cc1cc(C(=O)N2CCCCC2C)ccc1NCC(=O)N1CCCC1c1cccs1. The Hall–Kier alpha value is -2.34. The molecule has 0 saturated carbocycles. The maximum absolute atomic E-state index is 12.9. The van der Waals surface area contributed by atoms with Gasteiger partial charge >= 0.3 is 0 Å². The third kappa shape index (κ3) is 4.38. The highest BCUT2D eigenvalue weighted by molar-refractivity contribution is 7.10. The van der Waals surface area contributed by atoms with Crippen LogP contribution >= 0.6 is 11.3 Å². The number of aryl methyl sites for hydroxylation is 1. The molecule has 2 atom stereocenters. The van der Waals surface area contributed by atoms with Crippen LogP contribution in [0.25, 0.3) is 0 Å². The molecule has 0 bridgehead atoms. The quantitative estimate of drug-likeness (QED) is 0.745. The van der Waals surface area contributed by atoms with Crippen molar-refractivity contribution in [1.29, 1.82) is 0 Å². The van der Waals surface area contributed by atoms with Crippen molar-refractivity contribution in [3.05, 3.63) is 51.7 Å². The van der Waals surface area contributed by atoms with Gasteiger partial charge in [-0.15, -0.1) is 11.3 Å². The summed E-state index contributed by atoms with van der Waals surface area (Å²) >= 11 is 1.72. The molecule has 1 aromatic heterocycles. The lowest BCUT2D eigenvalue weighted by Crippen LogP contribution is -2.42. The number of anilines is 1. The standard InChI is InChI=1S/C24H31N3O2S/c1-17-15-19(24(29)26-12-4-3-7-18(26)2)10-11-20(17)25-16-23(28)27-13-5-8-21(27)22-9-6-14-30-22/h6,9-11,14-15,18,21,25H,3-5,7-8,12-13,16H2,1-2H3. The van der Waals surface area contributed by atoms with Gasteiger partial charge in [-0.3, -0.25) is 9.59 Å². The molecule has 2 unspecified atom stereocenters. The molecule has 160 valence electrons. The van der Waals surface area contributed by atoms with Crippen molar-refractivity contribution in [1.82, 2.24) is 9.80 Å².